The van der Waals surface area contributed by atoms with Crippen LogP contribution in [0.3, 0.4) is 0 Å². The van der Waals surface area contributed by atoms with Gasteiger partial charge in [-0.1, -0.05) is 174 Å². The standard InChI is InChI=1S/C45H83O11P/c1-3-5-7-9-11-13-15-17-19-21-23-25-29-33-42(46)53-39-41(56-45(49)36-35-44(48)52-37-31-27-28-32-38-55-57(50)51)40-54-43(47)34-30-26-24-22-20-18-16-14-12-10-8-6-4-2/h41H,3-40H2,1-2H3. The summed E-state index contributed by atoms with van der Waals surface area (Å²) >= 11 is 0. The van der Waals surface area contributed by atoms with Crippen LogP contribution >= 0.6 is 8.25 Å². The quantitative estimate of drug-likeness (QED) is 0.0249. The van der Waals surface area contributed by atoms with Crippen molar-refractivity contribution in [2.45, 2.75) is 238 Å². The van der Waals surface area contributed by atoms with E-state index in [1.165, 1.54) is 128 Å². The lowest BCUT2D eigenvalue weighted by atomic mass is 10.0. The zero-order valence-corrected chi connectivity index (χ0v) is 37.3. The van der Waals surface area contributed by atoms with Crippen molar-refractivity contribution < 1.29 is 52.1 Å². The summed E-state index contributed by atoms with van der Waals surface area (Å²) in [6, 6.07) is 0. The van der Waals surface area contributed by atoms with Gasteiger partial charge in [-0.15, -0.1) is 4.52 Å². The minimum Gasteiger partial charge on any atom is -0.566 e. The molecule has 0 aliphatic rings. The summed E-state index contributed by atoms with van der Waals surface area (Å²) in [4.78, 5) is 60.2. The van der Waals surface area contributed by atoms with Gasteiger partial charge in [-0.05, 0) is 36.7 Å². The fourth-order valence-electron chi connectivity index (χ4n) is 6.61. The maximum atomic E-state index is 12.6. The molecule has 0 aromatic rings. The van der Waals surface area contributed by atoms with Gasteiger partial charge in [0, 0.05) is 12.8 Å². The van der Waals surface area contributed by atoms with Crippen molar-refractivity contribution in [3.8, 4) is 0 Å². The van der Waals surface area contributed by atoms with Crippen molar-refractivity contribution >= 4 is 32.1 Å². The Morgan fingerprint density at radius 2 is 0.719 bits per heavy atom. The molecule has 57 heavy (non-hydrogen) atoms. The predicted molar refractivity (Wildman–Crippen MR) is 225 cm³/mol. The molecule has 0 aromatic heterocycles. The van der Waals surface area contributed by atoms with E-state index < -0.39 is 26.3 Å². The van der Waals surface area contributed by atoms with E-state index in [1.54, 1.807) is 0 Å². The van der Waals surface area contributed by atoms with Crippen LogP contribution in [0.25, 0.3) is 0 Å². The highest BCUT2D eigenvalue weighted by atomic mass is 31.1. The van der Waals surface area contributed by atoms with Gasteiger partial charge in [0.1, 0.15) is 19.8 Å². The largest absolute Gasteiger partial charge is 0.566 e. The SMILES string of the molecule is CCCCCCCCCCCCCCCC(=O)OCC(COC(=O)CCCCCCCCCCCCCCC)OC(=O)CCC(=O)OCCCCCCO[P+](=O)[O-]. The van der Waals surface area contributed by atoms with Crippen LogP contribution in [-0.2, 0) is 47.2 Å². The molecule has 0 saturated carbocycles. The highest BCUT2D eigenvalue weighted by Gasteiger charge is 2.20. The predicted octanol–water partition coefficient (Wildman–Crippen LogP) is 11.9. The summed E-state index contributed by atoms with van der Waals surface area (Å²) in [6.07, 6.45) is 33.4. The second-order valence-electron chi connectivity index (χ2n) is 15.7. The molecule has 0 amide bonds. The van der Waals surface area contributed by atoms with E-state index in [0.29, 0.717) is 12.8 Å². The van der Waals surface area contributed by atoms with Crippen LogP contribution in [0.5, 0.6) is 0 Å². The lowest BCUT2D eigenvalue weighted by Gasteiger charge is -2.18. The van der Waals surface area contributed by atoms with E-state index in [0.717, 1.165) is 51.4 Å². The second kappa shape index (κ2) is 43.5. The molecule has 0 heterocycles. The van der Waals surface area contributed by atoms with E-state index in [-0.39, 0.29) is 64.0 Å². The number of rotatable bonds is 44. The number of hydrogen-bond acceptors (Lipinski definition) is 11. The highest BCUT2D eigenvalue weighted by molar-refractivity contribution is 7.30. The summed E-state index contributed by atoms with van der Waals surface area (Å²) in [7, 11) is -2.83. The smallest absolute Gasteiger partial charge is 0.488 e. The summed E-state index contributed by atoms with van der Waals surface area (Å²) in [5.74, 6) is -1.97. The van der Waals surface area contributed by atoms with Gasteiger partial charge in [-0.2, -0.15) is 0 Å². The van der Waals surface area contributed by atoms with Crippen LogP contribution in [0.2, 0.25) is 0 Å². The van der Waals surface area contributed by atoms with Crippen molar-refractivity contribution in [1.82, 2.24) is 0 Å². The summed E-state index contributed by atoms with van der Waals surface area (Å²) in [5.41, 5.74) is 0. The third-order valence-corrected chi connectivity index (χ3v) is 10.6. The van der Waals surface area contributed by atoms with E-state index in [1.807, 2.05) is 0 Å². The van der Waals surface area contributed by atoms with Gasteiger partial charge in [0.2, 0.25) is 0 Å². The third kappa shape index (κ3) is 43.3. The van der Waals surface area contributed by atoms with Gasteiger partial charge >= 0.3 is 32.1 Å². The zero-order valence-electron chi connectivity index (χ0n) is 36.4. The molecule has 0 aliphatic carbocycles. The van der Waals surface area contributed by atoms with Gasteiger partial charge in [0.05, 0.1) is 19.4 Å². The Hall–Kier alpha value is -2.10. The Balaban J connectivity index is 4.43. The molecular formula is C45H83O11P. The Bertz CT molecular complexity index is 931. The first kappa shape index (κ1) is 54.9. The molecule has 12 heteroatoms. The molecule has 11 nitrogen and oxygen atoms in total. The average Bonchev–Trinajstić information content (AvgIpc) is 3.19. The molecule has 0 fully saturated rings. The van der Waals surface area contributed by atoms with Crippen LogP contribution in [0.4, 0.5) is 0 Å². The summed E-state index contributed by atoms with van der Waals surface area (Å²) in [5, 5.41) is 0. The first-order valence-corrected chi connectivity index (χ1v) is 24.3. The van der Waals surface area contributed by atoms with Crippen LogP contribution < -0.4 is 4.89 Å². The van der Waals surface area contributed by atoms with Gasteiger partial charge in [0.15, 0.2) is 6.10 Å². The van der Waals surface area contributed by atoms with E-state index in [9.17, 15) is 28.6 Å². The monoisotopic (exact) mass is 831 g/mol. The molecular weight excluding hydrogens is 747 g/mol. The minimum absolute atomic E-state index is 0.138. The number of carbonyl (C=O) groups is 4. The maximum absolute atomic E-state index is 12.6. The molecule has 0 aliphatic heterocycles. The van der Waals surface area contributed by atoms with Crippen molar-refractivity contribution in [2.24, 2.45) is 0 Å². The second-order valence-corrected chi connectivity index (χ2v) is 16.4. The van der Waals surface area contributed by atoms with E-state index in [4.69, 9.17) is 18.9 Å². The number of ether oxygens (including phenoxy) is 4. The number of carbonyl (C=O) groups excluding carboxylic acids is 4. The number of unbranched alkanes of at least 4 members (excludes halogenated alkanes) is 27. The Morgan fingerprint density at radius 1 is 0.404 bits per heavy atom. The normalized spacial score (nSPS) is 11.5. The van der Waals surface area contributed by atoms with Crippen LogP contribution in [0, 0.1) is 0 Å². The minimum atomic E-state index is -2.83. The summed E-state index contributed by atoms with van der Waals surface area (Å²) in [6.45, 7) is 4.36. The fourth-order valence-corrected chi connectivity index (χ4v) is 6.89. The highest BCUT2D eigenvalue weighted by Crippen LogP contribution is 2.16. The molecule has 0 radical (unpaired) electrons. The molecule has 1 unspecified atom stereocenters. The van der Waals surface area contributed by atoms with Crippen molar-refractivity contribution in [3.05, 3.63) is 0 Å². The van der Waals surface area contributed by atoms with Crippen molar-refractivity contribution in [3.63, 3.8) is 0 Å². The number of hydrogen-bond donors (Lipinski definition) is 0. The van der Waals surface area contributed by atoms with Crippen LogP contribution in [0.1, 0.15) is 232 Å². The molecule has 0 rings (SSSR count). The van der Waals surface area contributed by atoms with Gasteiger partial charge in [0.25, 0.3) is 0 Å². The maximum Gasteiger partial charge on any atom is 0.488 e. The van der Waals surface area contributed by atoms with E-state index in [2.05, 4.69) is 18.4 Å². The third-order valence-electron chi connectivity index (χ3n) is 10.2. The van der Waals surface area contributed by atoms with Gasteiger partial charge in [-0.25, -0.2) is 0 Å². The lowest BCUT2D eigenvalue weighted by molar-refractivity contribution is -0.185. The first-order chi connectivity index (χ1) is 27.8. The van der Waals surface area contributed by atoms with Crippen molar-refractivity contribution in [2.75, 3.05) is 26.4 Å². The van der Waals surface area contributed by atoms with Crippen LogP contribution in [0.15, 0.2) is 0 Å². The molecule has 1 atom stereocenters. The Kier molecular flexibility index (Phi) is 41.9. The zero-order chi connectivity index (χ0) is 41.9. The average molecular weight is 831 g/mol. The molecule has 0 bridgehead atoms. The Labute approximate surface area is 348 Å². The van der Waals surface area contributed by atoms with Crippen molar-refractivity contribution in [1.29, 1.82) is 0 Å². The fraction of sp³-hybridized carbons (Fsp3) is 0.911. The van der Waals surface area contributed by atoms with E-state index >= 15 is 0 Å². The topological polar surface area (TPSA) is 155 Å². The molecule has 0 saturated heterocycles. The molecule has 0 spiro atoms. The number of esters is 4. The molecule has 0 N–H and O–H groups in total. The van der Waals surface area contributed by atoms with Gasteiger partial charge < -0.3 is 23.8 Å². The van der Waals surface area contributed by atoms with Gasteiger partial charge in [-0.3, -0.25) is 19.2 Å². The first-order valence-electron chi connectivity index (χ1n) is 23.2. The molecule has 0 aromatic carbocycles. The van der Waals surface area contributed by atoms with Crippen LogP contribution in [-0.4, -0.2) is 56.4 Å². The molecule has 334 valence electrons. The Morgan fingerprint density at radius 3 is 1.11 bits per heavy atom. The summed E-state index contributed by atoms with van der Waals surface area (Å²) < 4.78 is 36.4. The lowest BCUT2D eigenvalue weighted by Crippen LogP contribution is -2.31.